The summed E-state index contributed by atoms with van der Waals surface area (Å²) < 4.78 is 13.3. The fourth-order valence-electron chi connectivity index (χ4n) is 3.84. The van der Waals surface area contributed by atoms with E-state index in [9.17, 15) is 4.39 Å². The molecule has 3 aromatic heterocycles. The van der Waals surface area contributed by atoms with E-state index in [4.69, 9.17) is 4.98 Å². The summed E-state index contributed by atoms with van der Waals surface area (Å²) in [5.41, 5.74) is 3.15. The van der Waals surface area contributed by atoms with Crippen LogP contribution in [0, 0.1) is 0 Å². The average molecular weight is 435 g/mol. The molecule has 0 amide bonds. The Labute approximate surface area is 185 Å². The Bertz CT molecular complexity index is 1200. The van der Waals surface area contributed by atoms with Crippen LogP contribution in [0.2, 0.25) is 0 Å². The zero-order valence-corrected chi connectivity index (χ0v) is 18.2. The number of alkyl halides is 1. The number of nitrogens with one attached hydrogen (secondary N) is 3. The van der Waals surface area contributed by atoms with E-state index in [-0.39, 0.29) is 5.92 Å². The Balaban J connectivity index is 1.37. The van der Waals surface area contributed by atoms with Crippen LogP contribution in [-0.4, -0.2) is 63.4 Å². The molecule has 5 rings (SSSR count). The first kappa shape index (κ1) is 20.4. The van der Waals surface area contributed by atoms with E-state index in [1.807, 2.05) is 18.3 Å². The van der Waals surface area contributed by atoms with Crippen molar-refractivity contribution in [2.75, 3.05) is 37.4 Å². The molecule has 166 valence electrons. The Morgan fingerprint density at radius 1 is 1.16 bits per heavy atom. The van der Waals surface area contributed by atoms with E-state index in [0.717, 1.165) is 24.3 Å². The molecule has 0 spiro atoms. The highest BCUT2D eigenvalue weighted by molar-refractivity contribution is 5.83. The van der Waals surface area contributed by atoms with Crippen molar-refractivity contribution in [2.45, 2.75) is 25.1 Å². The summed E-state index contributed by atoms with van der Waals surface area (Å²) in [5, 5.41) is 11.6. The number of aromatic nitrogens is 5. The molecule has 0 unspecified atom stereocenters. The summed E-state index contributed by atoms with van der Waals surface area (Å²) in [4.78, 5) is 16.9. The molecule has 0 radical (unpaired) electrons. The van der Waals surface area contributed by atoms with Gasteiger partial charge in [-0.05, 0) is 44.3 Å². The van der Waals surface area contributed by atoms with Crippen molar-refractivity contribution in [1.82, 2.24) is 30.0 Å². The van der Waals surface area contributed by atoms with E-state index >= 15 is 0 Å². The molecule has 1 aromatic carbocycles. The van der Waals surface area contributed by atoms with Gasteiger partial charge >= 0.3 is 0 Å². The monoisotopic (exact) mass is 434 g/mol. The van der Waals surface area contributed by atoms with Crippen LogP contribution in [0.5, 0.6) is 0 Å². The predicted octanol–water partition coefficient (Wildman–Crippen LogP) is 3.82. The van der Waals surface area contributed by atoms with E-state index in [2.05, 4.69) is 73.6 Å². The highest BCUT2D eigenvalue weighted by Gasteiger charge is 2.40. The number of likely N-dealkylation sites (N-methyl/N-ethyl adjacent to an activating group) is 1. The molecule has 3 heterocycles. The van der Waals surface area contributed by atoms with Crippen LogP contribution >= 0.6 is 0 Å². The second-order valence-corrected chi connectivity index (χ2v) is 8.51. The van der Waals surface area contributed by atoms with Crippen LogP contribution in [0.1, 0.15) is 23.6 Å². The summed E-state index contributed by atoms with van der Waals surface area (Å²) in [7, 11) is 4.11. The molecule has 4 aromatic rings. The molecule has 3 N–H and O–H groups in total. The van der Waals surface area contributed by atoms with Gasteiger partial charge < -0.3 is 20.1 Å². The van der Waals surface area contributed by atoms with Crippen molar-refractivity contribution >= 4 is 28.5 Å². The Morgan fingerprint density at radius 3 is 2.84 bits per heavy atom. The third kappa shape index (κ3) is 4.43. The number of nitrogens with zero attached hydrogens (tertiary/aromatic N) is 5. The van der Waals surface area contributed by atoms with Gasteiger partial charge in [-0.1, -0.05) is 12.1 Å². The topological polar surface area (TPSA) is 88.8 Å². The third-order valence-corrected chi connectivity index (χ3v) is 5.76. The van der Waals surface area contributed by atoms with Gasteiger partial charge in [0.1, 0.15) is 12.0 Å². The molecule has 0 aliphatic heterocycles. The maximum atomic E-state index is 13.3. The Morgan fingerprint density at radius 2 is 2.03 bits per heavy atom. The van der Waals surface area contributed by atoms with Gasteiger partial charge in [0.05, 0.1) is 0 Å². The fraction of sp³-hybridized carbons (Fsp3) is 0.348. The van der Waals surface area contributed by atoms with Gasteiger partial charge in [0.15, 0.2) is 5.82 Å². The SMILES string of the molecule is CN(C)CCN(Cc1cccc2[nH]ccc12)c1nccc(Nc2cc([C@@H]3C[C@H]3F)[nH]n2)n1. The highest BCUT2D eigenvalue weighted by atomic mass is 19.1. The molecule has 0 bridgehead atoms. The number of fused-ring (bicyclic) bond motifs is 1. The number of H-pyrrole nitrogens is 2. The molecule has 1 aliphatic rings. The predicted molar refractivity (Wildman–Crippen MR) is 124 cm³/mol. The van der Waals surface area contributed by atoms with Crippen LogP contribution < -0.4 is 10.2 Å². The van der Waals surface area contributed by atoms with Gasteiger partial charge in [0, 0.05) is 60.6 Å². The van der Waals surface area contributed by atoms with E-state index in [0.29, 0.717) is 30.5 Å². The minimum absolute atomic E-state index is 0.0586. The summed E-state index contributed by atoms with van der Waals surface area (Å²) in [6.45, 7) is 2.35. The second kappa shape index (κ2) is 8.58. The molecule has 1 saturated carbocycles. The zero-order chi connectivity index (χ0) is 22.1. The summed E-state index contributed by atoms with van der Waals surface area (Å²) in [5.74, 6) is 1.86. The molecule has 32 heavy (non-hydrogen) atoms. The quantitative estimate of drug-likeness (QED) is 0.371. The lowest BCUT2D eigenvalue weighted by Gasteiger charge is -2.25. The van der Waals surface area contributed by atoms with Gasteiger partial charge in [-0.2, -0.15) is 10.1 Å². The summed E-state index contributed by atoms with van der Waals surface area (Å²) in [6.07, 6.45) is 3.51. The van der Waals surface area contributed by atoms with E-state index < -0.39 is 6.17 Å². The number of benzene rings is 1. The largest absolute Gasteiger partial charge is 0.361 e. The number of halogens is 1. The number of aromatic amines is 2. The first-order valence-corrected chi connectivity index (χ1v) is 10.8. The van der Waals surface area contributed by atoms with Crippen LogP contribution in [0.3, 0.4) is 0 Å². The molecule has 9 heteroatoms. The lowest BCUT2D eigenvalue weighted by Crippen LogP contribution is -2.32. The standard InChI is InChI=1S/C23H27FN8/c1-31(2)10-11-32(14-15-4-3-5-19-16(15)6-8-25-19)23-26-9-7-21(28-23)27-22-13-20(29-30-22)17-12-18(17)24/h3-9,13,17-18,25H,10-12,14H2,1-2H3,(H2,26,27,28,29,30)/t17-,18-/m1/s1. The van der Waals surface area contributed by atoms with E-state index in [1.165, 1.54) is 10.9 Å². The first-order valence-electron chi connectivity index (χ1n) is 10.8. The highest BCUT2D eigenvalue weighted by Crippen LogP contribution is 2.43. The van der Waals surface area contributed by atoms with Gasteiger partial charge in [0.25, 0.3) is 0 Å². The average Bonchev–Trinajstić information content (AvgIpc) is 3.17. The lowest BCUT2D eigenvalue weighted by atomic mass is 10.1. The first-order chi connectivity index (χ1) is 15.6. The van der Waals surface area contributed by atoms with Gasteiger partial charge in [-0.3, -0.25) is 5.10 Å². The minimum Gasteiger partial charge on any atom is -0.361 e. The molecular weight excluding hydrogens is 407 g/mol. The molecule has 2 atom stereocenters. The van der Waals surface area contributed by atoms with Gasteiger partial charge in [-0.25, -0.2) is 9.37 Å². The number of hydrogen-bond donors (Lipinski definition) is 3. The normalized spacial score (nSPS) is 17.8. The Kier molecular flexibility index (Phi) is 5.48. The molecule has 1 aliphatic carbocycles. The fourth-order valence-corrected chi connectivity index (χ4v) is 3.84. The van der Waals surface area contributed by atoms with Gasteiger partial charge in [0.2, 0.25) is 5.95 Å². The third-order valence-electron chi connectivity index (χ3n) is 5.76. The second-order valence-electron chi connectivity index (χ2n) is 8.51. The van der Waals surface area contributed by atoms with Crippen molar-refractivity contribution in [1.29, 1.82) is 0 Å². The van der Waals surface area contributed by atoms with Crippen LogP contribution in [0.4, 0.5) is 22.0 Å². The maximum absolute atomic E-state index is 13.3. The smallest absolute Gasteiger partial charge is 0.227 e. The van der Waals surface area contributed by atoms with Crippen LogP contribution in [0.25, 0.3) is 10.9 Å². The van der Waals surface area contributed by atoms with Crippen LogP contribution in [-0.2, 0) is 6.54 Å². The van der Waals surface area contributed by atoms with Crippen molar-refractivity contribution in [3.63, 3.8) is 0 Å². The lowest BCUT2D eigenvalue weighted by molar-refractivity contribution is 0.411. The van der Waals surface area contributed by atoms with Crippen molar-refractivity contribution in [3.05, 3.63) is 60.0 Å². The minimum atomic E-state index is -0.760. The van der Waals surface area contributed by atoms with Crippen molar-refractivity contribution < 1.29 is 4.39 Å². The molecule has 0 saturated heterocycles. The number of hydrogen-bond acceptors (Lipinski definition) is 6. The summed E-state index contributed by atoms with van der Waals surface area (Å²) >= 11 is 0. The number of anilines is 3. The van der Waals surface area contributed by atoms with Crippen molar-refractivity contribution in [2.24, 2.45) is 0 Å². The Hall–Kier alpha value is -3.46. The maximum Gasteiger partial charge on any atom is 0.227 e. The molecule has 8 nitrogen and oxygen atoms in total. The van der Waals surface area contributed by atoms with Crippen molar-refractivity contribution in [3.8, 4) is 0 Å². The van der Waals surface area contributed by atoms with Gasteiger partial charge in [-0.15, -0.1) is 0 Å². The number of rotatable bonds is 9. The van der Waals surface area contributed by atoms with E-state index in [1.54, 1.807) is 6.20 Å². The molecule has 1 fully saturated rings. The summed E-state index contributed by atoms with van der Waals surface area (Å²) in [6, 6.07) is 12.0. The van der Waals surface area contributed by atoms with Crippen LogP contribution in [0.15, 0.2) is 48.8 Å². The zero-order valence-electron chi connectivity index (χ0n) is 18.2. The molecular formula is C23H27FN8.